The van der Waals surface area contributed by atoms with Gasteiger partial charge in [-0.2, -0.15) is 0 Å². The molecule has 16 heavy (non-hydrogen) atoms. The highest BCUT2D eigenvalue weighted by molar-refractivity contribution is 7.92. The van der Waals surface area contributed by atoms with Crippen molar-refractivity contribution in [1.29, 1.82) is 0 Å². The van der Waals surface area contributed by atoms with Gasteiger partial charge >= 0.3 is 0 Å². The van der Waals surface area contributed by atoms with Crippen molar-refractivity contribution in [3.63, 3.8) is 0 Å². The molecule has 0 aliphatic carbocycles. The number of aromatic hydroxyl groups is 1. The molecule has 1 aliphatic heterocycles. The molecule has 1 aliphatic rings. The maximum Gasteiger partial charge on any atom is 0.232 e. The van der Waals surface area contributed by atoms with Crippen LogP contribution in [0.2, 0.25) is 0 Å². The van der Waals surface area contributed by atoms with Gasteiger partial charge in [0.2, 0.25) is 10.0 Å². The summed E-state index contributed by atoms with van der Waals surface area (Å²) < 4.78 is 29.9. The first-order chi connectivity index (χ1) is 7.48. The fraction of sp³-hybridized carbons (Fsp3) is 0.400. The summed E-state index contributed by atoms with van der Waals surface area (Å²) >= 11 is 0. The normalized spacial score (nSPS) is 16.2. The third-order valence-electron chi connectivity index (χ3n) is 2.37. The van der Waals surface area contributed by atoms with Crippen LogP contribution < -0.4 is 9.04 Å². The minimum Gasteiger partial charge on any atom is -0.508 e. The first kappa shape index (κ1) is 11.1. The van der Waals surface area contributed by atoms with E-state index in [2.05, 4.69) is 0 Å². The number of anilines is 1. The zero-order valence-corrected chi connectivity index (χ0v) is 9.70. The van der Waals surface area contributed by atoms with E-state index in [0.717, 1.165) is 6.26 Å². The number of rotatable bonds is 1. The van der Waals surface area contributed by atoms with Crippen LogP contribution in [0.25, 0.3) is 0 Å². The highest BCUT2D eigenvalue weighted by Crippen LogP contribution is 2.35. The predicted octanol–water partition coefficient (Wildman–Crippen LogP) is 0.941. The van der Waals surface area contributed by atoms with E-state index < -0.39 is 10.0 Å². The Morgan fingerprint density at radius 3 is 2.88 bits per heavy atom. The molecule has 0 bridgehead atoms. The largest absolute Gasteiger partial charge is 0.508 e. The standard InChI is InChI=1S/C10H13NO4S/c1-16(13,14)11-5-2-6-15-10-4-3-8(12)7-9(10)11/h3-4,7,12H,2,5-6H2,1H3. The number of sulfonamides is 1. The highest BCUT2D eigenvalue weighted by atomic mass is 32.2. The van der Waals surface area contributed by atoms with Gasteiger partial charge in [0.15, 0.2) is 0 Å². The molecule has 1 heterocycles. The zero-order valence-electron chi connectivity index (χ0n) is 8.88. The van der Waals surface area contributed by atoms with Gasteiger partial charge in [0.25, 0.3) is 0 Å². The van der Waals surface area contributed by atoms with E-state index in [1.807, 2.05) is 0 Å². The Bertz CT molecular complexity index is 498. The maximum atomic E-state index is 11.6. The van der Waals surface area contributed by atoms with Crippen LogP contribution in [-0.2, 0) is 10.0 Å². The van der Waals surface area contributed by atoms with Crippen molar-refractivity contribution in [2.24, 2.45) is 0 Å². The number of phenols is 1. The topological polar surface area (TPSA) is 66.8 Å². The minimum absolute atomic E-state index is 0.0258. The van der Waals surface area contributed by atoms with Crippen molar-refractivity contribution in [2.45, 2.75) is 6.42 Å². The quantitative estimate of drug-likeness (QED) is 0.797. The Kier molecular flexibility index (Phi) is 2.67. The summed E-state index contributed by atoms with van der Waals surface area (Å²) in [5.74, 6) is 0.513. The van der Waals surface area contributed by atoms with E-state index in [1.165, 1.54) is 16.4 Å². The van der Waals surface area contributed by atoms with E-state index in [4.69, 9.17) is 4.74 Å². The minimum atomic E-state index is -3.34. The van der Waals surface area contributed by atoms with Gasteiger partial charge in [-0.15, -0.1) is 0 Å². The van der Waals surface area contributed by atoms with Gasteiger partial charge < -0.3 is 9.84 Å². The van der Waals surface area contributed by atoms with E-state index in [0.29, 0.717) is 31.0 Å². The molecular weight excluding hydrogens is 230 g/mol. The summed E-state index contributed by atoms with van der Waals surface area (Å²) in [4.78, 5) is 0. The maximum absolute atomic E-state index is 11.6. The van der Waals surface area contributed by atoms with Gasteiger partial charge in [0, 0.05) is 19.0 Å². The van der Waals surface area contributed by atoms with Crippen molar-refractivity contribution in [1.82, 2.24) is 0 Å². The summed E-state index contributed by atoms with van der Waals surface area (Å²) in [6, 6.07) is 4.46. The van der Waals surface area contributed by atoms with Crippen molar-refractivity contribution < 1.29 is 18.3 Å². The summed E-state index contributed by atoms with van der Waals surface area (Å²) in [6.45, 7) is 0.846. The Hall–Kier alpha value is -1.43. The molecule has 0 amide bonds. The molecule has 0 radical (unpaired) electrons. The van der Waals surface area contributed by atoms with E-state index in [1.54, 1.807) is 6.07 Å². The molecule has 0 atom stereocenters. The lowest BCUT2D eigenvalue weighted by atomic mass is 10.3. The second-order valence-electron chi connectivity index (χ2n) is 3.69. The Morgan fingerprint density at radius 2 is 2.19 bits per heavy atom. The third-order valence-corrected chi connectivity index (χ3v) is 3.55. The lowest BCUT2D eigenvalue weighted by Gasteiger charge is -2.21. The molecule has 5 nitrogen and oxygen atoms in total. The van der Waals surface area contributed by atoms with Crippen molar-refractivity contribution in [2.75, 3.05) is 23.7 Å². The van der Waals surface area contributed by atoms with Crippen LogP contribution in [0, 0.1) is 0 Å². The summed E-state index contributed by atoms with van der Waals surface area (Å²) in [5.41, 5.74) is 0.403. The van der Waals surface area contributed by atoms with E-state index in [-0.39, 0.29) is 5.75 Å². The molecule has 1 aromatic rings. The molecule has 0 saturated carbocycles. The van der Waals surface area contributed by atoms with Crippen LogP contribution in [0.5, 0.6) is 11.5 Å². The van der Waals surface area contributed by atoms with Crippen LogP contribution in [0.1, 0.15) is 6.42 Å². The lowest BCUT2D eigenvalue weighted by Crippen LogP contribution is -2.30. The number of hydrogen-bond donors (Lipinski definition) is 1. The smallest absolute Gasteiger partial charge is 0.232 e. The predicted molar refractivity (Wildman–Crippen MR) is 60.4 cm³/mol. The van der Waals surface area contributed by atoms with Crippen molar-refractivity contribution in [3.05, 3.63) is 18.2 Å². The monoisotopic (exact) mass is 243 g/mol. The molecule has 2 rings (SSSR count). The molecule has 1 aromatic carbocycles. The lowest BCUT2D eigenvalue weighted by molar-refractivity contribution is 0.322. The fourth-order valence-corrected chi connectivity index (χ4v) is 2.64. The molecule has 0 unspecified atom stereocenters. The van der Waals surface area contributed by atoms with Crippen LogP contribution in [0.3, 0.4) is 0 Å². The van der Waals surface area contributed by atoms with E-state index in [9.17, 15) is 13.5 Å². The fourth-order valence-electron chi connectivity index (χ4n) is 1.68. The average molecular weight is 243 g/mol. The third kappa shape index (κ3) is 2.06. The Morgan fingerprint density at radius 1 is 1.44 bits per heavy atom. The number of hydrogen-bond acceptors (Lipinski definition) is 4. The van der Waals surface area contributed by atoms with Crippen molar-refractivity contribution in [3.8, 4) is 11.5 Å². The molecule has 0 spiro atoms. The second kappa shape index (κ2) is 3.86. The van der Waals surface area contributed by atoms with Gasteiger partial charge in [-0.3, -0.25) is 4.31 Å². The number of phenolic OH excluding ortho intramolecular Hbond substituents is 1. The Labute approximate surface area is 94.3 Å². The molecule has 1 N–H and O–H groups in total. The molecule has 88 valence electrons. The SMILES string of the molecule is CS(=O)(=O)N1CCCOc2ccc(O)cc21. The molecule has 0 aromatic heterocycles. The van der Waals surface area contributed by atoms with Crippen LogP contribution in [0.4, 0.5) is 5.69 Å². The summed E-state index contributed by atoms with van der Waals surface area (Å²) in [7, 11) is -3.34. The number of benzene rings is 1. The van der Waals surface area contributed by atoms with Crippen molar-refractivity contribution >= 4 is 15.7 Å². The summed E-state index contributed by atoms with van der Waals surface area (Å²) in [5, 5.41) is 9.39. The van der Waals surface area contributed by atoms with Gasteiger partial charge in [-0.25, -0.2) is 8.42 Å². The van der Waals surface area contributed by atoms with Crippen LogP contribution in [-0.4, -0.2) is 32.9 Å². The van der Waals surface area contributed by atoms with Gasteiger partial charge in [0.1, 0.15) is 11.5 Å². The molecule has 6 heteroatoms. The molecule has 0 fully saturated rings. The first-order valence-electron chi connectivity index (χ1n) is 4.92. The second-order valence-corrected chi connectivity index (χ2v) is 5.60. The van der Waals surface area contributed by atoms with E-state index >= 15 is 0 Å². The van der Waals surface area contributed by atoms with Gasteiger partial charge in [-0.1, -0.05) is 0 Å². The summed E-state index contributed by atoms with van der Waals surface area (Å²) in [6.07, 6.45) is 1.77. The zero-order chi connectivity index (χ0) is 11.8. The number of fused-ring (bicyclic) bond motifs is 1. The highest BCUT2D eigenvalue weighted by Gasteiger charge is 2.23. The number of nitrogens with zero attached hydrogens (tertiary/aromatic N) is 1. The van der Waals surface area contributed by atoms with Crippen LogP contribution >= 0.6 is 0 Å². The average Bonchev–Trinajstić information content (AvgIpc) is 2.38. The first-order valence-corrected chi connectivity index (χ1v) is 6.77. The Balaban J connectivity index is 2.55. The van der Waals surface area contributed by atoms with Crippen LogP contribution in [0.15, 0.2) is 18.2 Å². The molecular formula is C10H13NO4S. The molecule has 0 saturated heterocycles. The van der Waals surface area contributed by atoms with Gasteiger partial charge in [0.05, 0.1) is 18.6 Å². The van der Waals surface area contributed by atoms with Gasteiger partial charge in [-0.05, 0) is 12.1 Å². The number of ether oxygens (including phenoxy) is 1.